The number of rotatable bonds is 8. The summed E-state index contributed by atoms with van der Waals surface area (Å²) in [6, 6.07) is 7.70. The van der Waals surface area contributed by atoms with Gasteiger partial charge in [-0.1, -0.05) is 30.8 Å². The Morgan fingerprint density at radius 2 is 1.96 bits per heavy atom. The molecule has 25 heavy (non-hydrogen) atoms. The second-order valence-corrected chi connectivity index (χ2v) is 6.28. The second-order valence-electron chi connectivity index (χ2n) is 5.34. The first-order chi connectivity index (χ1) is 12.1. The number of thioether (sulfide) groups is 1. The lowest BCUT2D eigenvalue weighted by molar-refractivity contribution is -0.121. The molecule has 0 unspecified atom stereocenters. The first-order valence-corrected chi connectivity index (χ1v) is 8.93. The highest BCUT2D eigenvalue weighted by molar-refractivity contribution is 7.99. The molecule has 2 rings (SSSR count). The summed E-state index contributed by atoms with van der Waals surface area (Å²) in [7, 11) is 1.54. The number of aromatic nitrogens is 2. The van der Waals surface area contributed by atoms with Crippen LogP contribution in [0.15, 0.2) is 35.6 Å². The fourth-order valence-electron chi connectivity index (χ4n) is 2.18. The first-order valence-electron chi connectivity index (χ1n) is 7.94. The van der Waals surface area contributed by atoms with Gasteiger partial charge in [0.1, 0.15) is 6.54 Å². The number of aliphatic hydroxyl groups is 1. The largest absolute Gasteiger partial charge is 0.390 e. The Morgan fingerprint density at radius 1 is 1.24 bits per heavy atom. The van der Waals surface area contributed by atoms with Gasteiger partial charge in [-0.15, -0.1) is 0 Å². The van der Waals surface area contributed by atoms with Crippen molar-refractivity contribution in [1.29, 1.82) is 0 Å². The zero-order chi connectivity index (χ0) is 18.2. The number of nitrogens with one attached hydrogen (secondary N) is 2. The van der Waals surface area contributed by atoms with E-state index in [9.17, 15) is 14.7 Å². The van der Waals surface area contributed by atoms with Crippen LogP contribution in [0.4, 0.5) is 5.69 Å². The van der Waals surface area contributed by atoms with Gasteiger partial charge in [0, 0.05) is 12.7 Å². The van der Waals surface area contributed by atoms with E-state index < -0.39 is 0 Å². The number of hydrogen-bond acceptors (Lipinski definition) is 5. The molecular weight excluding hydrogens is 340 g/mol. The van der Waals surface area contributed by atoms with Crippen molar-refractivity contribution in [3.63, 3.8) is 0 Å². The molecule has 2 aromatic rings. The van der Waals surface area contributed by atoms with Crippen LogP contribution in [0.25, 0.3) is 0 Å². The van der Waals surface area contributed by atoms with Gasteiger partial charge in [-0.2, -0.15) is 0 Å². The molecule has 0 saturated heterocycles. The average molecular weight is 362 g/mol. The number of aryl methyl sites for hydroxylation is 1. The van der Waals surface area contributed by atoms with E-state index >= 15 is 0 Å². The number of carbonyl (C=O) groups excluding carboxylic acids is 2. The van der Waals surface area contributed by atoms with Gasteiger partial charge in [0.25, 0.3) is 0 Å². The molecule has 1 aromatic heterocycles. The first kappa shape index (κ1) is 19.0. The molecule has 0 spiro atoms. The monoisotopic (exact) mass is 362 g/mol. The molecule has 0 fully saturated rings. The van der Waals surface area contributed by atoms with Gasteiger partial charge in [0.2, 0.25) is 11.8 Å². The summed E-state index contributed by atoms with van der Waals surface area (Å²) in [6.07, 6.45) is 2.46. The van der Waals surface area contributed by atoms with Gasteiger partial charge in [-0.25, -0.2) is 4.98 Å². The van der Waals surface area contributed by atoms with Gasteiger partial charge < -0.3 is 20.3 Å². The van der Waals surface area contributed by atoms with Crippen LogP contribution in [0.2, 0.25) is 0 Å². The Bertz CT molecular complexity index is 728. The maximum atomic E-state index is 12.1. The van der Waals surface area contributed by atoms with Crippen molar-refractivity contribution >= 4 is 29.3 Å². The fourth-order valence-corrected chi connectivity index (χ4v) is 2.97. The molecule has 0 bridgehead atoms. The molecule has 7 nitrogen and oxygen atoms in total. The summed E-state index contributed by atoms with van der Waals surface area (Å²) in [5.74, 6) is -0.199. The van der Waals surface area contributed by atoms with Gasteiger partial charge in [-0.05, 0) is 24.1 Å². The third kappa shape index (κ3) is 5.33. The van der Waals surface area contributed by atoms with Crippen molar-refractivity contribution in [2.45, 2.75) is 31.7 Å². The van der Waals surface area contributed by atoms with Gasteiger partial charge >= 0.3 is 0 Å². The van der Waals surface area contributed by atoms with E-state index in [1.807, 2.05) is 24.3 Å². The van der Waals surface area contributed by atoms with Crippen molar-refractivity contribution in [3.8, 4) is 0 Å². The van der Waals surface area contributed by atoms with Crippen LogP contribution < -0.4 is 10.6 Å². The number of likely N-dealkylation sites (N-methyl/N-ethyl adjacent to an activating group) is 1. The number of amides is 2. The molecule has 3 N–H and O–H groups in total. The number of anilines is 1. The molecule has 0 saturated carbocycles. The highest BCUT2D eigenvalue weighted by atomic mass is 32.2. The Kier molecular flexibility index (Phi) is 7.03. The molecule has 2 amide bonds. The zero-order valence-corrected chi connectivity index (χ0v) is 15.1. The van der Waals surface area contributed by atoms with Crippen molar-refractivity contribution in [3.05, 3.63) is 41.7 Å². The molecule has 8 heteroatoms. The summed E-state index contributed by atoms with van der Waals surface area (Å²) in [6.45, 7) is 1.90. The van der Waals surface area contributed by atoms with Crippen LogP contribution in [-0.4, -0.2) is 39.3 Å². The summed E-state index contributed by atoms with van der Waals surface area (Å²) in [5, 5.41) is 15.2. The Labute approximate surface area is 150 Å². The molecule has 0 atom stereocenters. The maximum Gasteiger partial charge on any atom is 0.239 e. The van der Waals surface area contributed by atoms with Gasteiger partial charge in [-0.3, -0.25) is 9.59 Å². The number of hydrogen-bond donors (Lipinski definition) is 3. The molecule has 1 heterocycles. The van der Waals surface area contributed by atoms with Crippen LogP contribution in [0.5, 0.6) is 0 Å². The quantitative estimate of drug-likeness (QED) is 0.617. The van der Waals surface area contributed by atoms with Crippen LogP contribution >= 0.6 is 11.8 Å². The van der Waals surface area contributed by atoms with E-state index in [1.54, 1.807) is 11.6 Å². The fraction of sp³-hybridized carbons (Fsp3) is 0.353. The van der Waals surface area contributed by atoms with E-state index in [-0.39, 0.29) is 30.7 Å². The lowest BCUT2D eigenvalue weighted by Gasteiger charge is -2.10. The van der Waals surface area contributed by atoms with E-state index in [0.717, 1.165) is 12.1 Å². The predicted octanol–water partition coefficient (Wildman–Crippen LogP) is 1.41. The lowest BCUT2D eigenvalue weighted by Crippen LogP contribution is -2.25. The summed E-state index contributed by atoms with van der Waals surface area (Å²) < 4.78 is 1.60. The Morgan fingerprint density at radius 3 is 2.56 bits per heavy atom. The number of benzene rings is 1. The molecule has 134 valence electrons. The lowest BCUT2D eigenvalue weighted by atomic mass is 10.1. The van der Waals surface area contributed by atoms with E-state index in [1.165, 1.54) is 23.5 Å². The summed E-state index contributed by atoms with van der Waals surface area (Å²) >= 11 is 1.22. The molecule has 0 aliphatic carbocycles. The highest BCUT2D eigenvalue weighted by Crippen LogP contribution is 2.19. The van der Waals surface area contributed by atoms with Crippen molar-refractivity contribution in [1.82, 2.24) is 14.9 Å². The highest BCUT2D eigenvalue weighted by Gasteiger charge is 2.14. The smallest absolute Gasteiger partial charge is 0.239 e. The number of nitrogens with zero attached hydrogens (tertiary/aromatic N) is 2. The SMILES string of the molecule is CCc1ccc(NC(=O)CSc2ncc(CO)n2CC(=O)NC)cc1. The number of imidazole rings is 1. The maximum absolute atomic E-state index is 12.1. The van der Waals surface area contributed by atoms with Crippen molar-refractivity contribution in [2.75, 3.05) is 18.1 Å². The van der Waals surface area contributed by atoms with Crippen LogP contribution in [0.1, 0.15) is 18.2 Å². The van der Waals surface area contributed by atoms with Crippen molar-refractivity contribution < 1.29 is 14.7 Å². The van der Waals surface area contributed by atoms with Gasteiger partial charge in [0.15, 0.2) is 5.16 Å². The Hall–Kier alpha value is -2.32. The normalized spacial score (nSPS) is 10.5. The average Bonchev–Trinajstić information content (AvgIpc) is 3.02. The van der Waals surface area contributed by atoms with E-state index in [4.69, 9.17) is 0 Å². The summed E-state index contributed by atoms with van der Waals surface area (Å²) in [5.41, 5.74) is 2.48. The van der Waals surface area contributed by atoms with Gasteiger partial charge in [0.05, 0.1) is 24.3 Å². The standard InChI is InChI=1S/C17H22N4O3S/c1-3-12-4-6-13(7-5-12)20-16(24)11-25-17-19-8-14(10-22)21(17)9-15(23)18-2/h4-8,22H,3,9-11H2,1-2H3,(H,18,23)(H,20,24). The third-order valence-corrected chi connectivity index (χ3v) is 4.61. The molecule has 0 aliphatic rings. The molecule has 0 aliphatic heterocycles. The van der Waals surface area contributed by atoms with Crippen LogP contribution in [0, 0.1) is 0 Å². The number of aliphatic hydroxyl groups excluding tert-OH is 1. The molecule has 1 aromatic carbocycles. The van der Waals surface area contributed by atoms with Crippen LogP contribution in [-0.2, 0) is 29.2 Å². The summed E-state index contributed by atoms with van der Waals surface area (Å²) in [4.78, 5) is 27.9. The minimum absolute atomic E-state index is 0.0504. The molecule has 0 radical (unpaired) electrons. The predicted molar refractivity (Wildman–Crippen MR) is 97.4 cm³/mol. The van der Waals surface area contributed by atoms with E-state index in [0.29, 0.717) is 10.9 Å². The second kappa shape index (κ2) is 9.24. The molecular formula is C17H22N4O3S. The third-order valence-electron chi connectivity index (χ3n) is 3.62. The number of carbonyl (C=O) groups is 2. The van der Waals surface area contributed by atoms with Crippen molar-refractivity contribution in [2.24, 2.45) is 0 Å². The van der Waals surface area contributed by atoms with Crippen LogP contribution in [0.3, 0.4) is 0 Å². The van der Waals surface area contributed by atoms with E-state index in [2.05, 4.69) is 22.5 Å². The Balaban J connectivity index is 1.96. The topological polar surface area (TPSA) is 96.2 Å². The minimum Gasteiger partial charge on any atom is -0.390 e. The zero-order valence-electron chi connectivity index (χ0n) is 14.3. The minimum atomic E-state index is -0.222.